The molecular weight excluding hydrogens is 523 g/mol. The van der Waals surface area contributed by atoms with E-state index in [1.165, 1.54) is 16.4 Å². The number of aryl methyl sites for hydroxylation is 1. The van der Waals surface area contributed by atoms with Crippen LogP contribution in [0.5, 0.6) is 5.75 Å². The van der Waals surface area contributed by atoms with Crippen LogP contribution in [0, 0.1) is 17.1 Å². The van der Waals surface area contributed by atoms with Gasteiger partial charge in [-0.25, -0.2) is 12.8 Å². The number of aromatic nitrogens is 1. The molecule has 0 unspecified atom stereocenters. The molecular formula is C28H27FN4O5S. The van der Waals surface area contributed by atoms with Gasteiger partial charge < -0.3 is 14.9 Å². The molecule has 9 nitrogen and oxygen atoms in total. The van der Waals surface area contributed by atoms with E-state index in [0.717, 1.165) is 6.26 Å². The summed E-state index contributed by atoms with van der Waals surface area (Å²) in [5.74, 6) is -0.243. The number of amides is 1. The zero-order valence-electron chi connectivity index (χ0n) is 21.5. The van der Waals surface area contributed by atoms with Crippen molar-refractivity contribution in [3.8, 4) is 11.8 Å². The number of para-hydroxylation sites is 1. The molecule has 0 aliphatic heterocycles. The standard InChI is InChI=1S/C28H27FN4O5S/c1-3-19-16-22-25(26(31)34)24(15-18-9-11-21(29)12-10-18)38-28(22)32-27(19)33(39(2,35)36)13-6-14-37-23-8-5-4-7-20(23)17-30/h4-5,7-12,16H,3,6,13-15H2,1-2H3,(H2,31,34). The molecule has 4 aromatic rings. The van der Waals surface area contributed by atoms with Gasteiger partial charge in [-0.3, -0.25) is 9.10 Å². The molecule has 2 aromatic heterocycles. The minimum absolute atomic E-state index is 0.0604. The second-order valence-electron chi connectivity index (χ2n) is 8.89. The number of anilines is 1. The maximum atomic E-state index is 13.3. The molecule has 0 fully saturated rings. The quantitative estimate of drug-likeness (QED) is 0.274. The lowest BCUT2D eigenvalue weighted by Crippen LogP contribution is -2.33. The van der Waals surface area contributed by atoms with E-state index in [9.17, 15) is 22.9 Å². The topological polar surface area (TPSA) is 140 Å². The molecule has 1 amide bonds. The van der Waals surface area contributed by atoms with Crippen LogP contribution in [0.4, 0.5) is 10.2 Å². The van der Waals surface area contributed by atoms with E-state index in [4.69, 9.17) is 14.9 Å². The number of nitrogens with two attached hydrogens (primary N) is 1. The van der Waals surface area contributed by atoms with Crippen LogP contribution in [-0.4, -0.2) is 38.7 Å². The van der Waals surface area contributed by atoms with E-state index in [2.05, 4.69) is 11.1 Å². The predicted octanol–water partition coefficient (Wildman–Crippen LogP) is 4.33. The molecule has 0 spiro atoms. The number of hydrogen-bond acceptors (Lipinski definition) is 7. The summed E-state index contributed by atoms with van der Waals surface area (Å²) in [6, 6.07) is 16.3. The molecule has 0 bridgehead atoms. The third-order valence-corrected chi connectivity index (χ3v) is 7.28. The first-order chi connectivity index (χ1) is 18.6. The van der Waals surface area contributed by atoms with E-state index < -0.39 is 21.7 Å². The van der Waals surface area contributed by atoms with E-state index in [0.29, 0.717) is 40.7 Å². The molecule has 0 saturated carbocycles. The Morgan fingerprint density at radius 1 is 1.21 bits per heavy atom. The number of benzene rings is 2. The first kappa shape index (κ1) is 27.6. The summed E-state index contributed by atoms with van der Waals surface area (Å²) in [5, 5.41) is 9.61. The Morgan fingerprint density at radius 2 is 1.92 bits per heavy atom. The van der Waals surface area contributed by atoms with Crippen molar-refractivity contribution in [1.82, 2.24) is 4.98 Å². The average Bonchev–Trinajstić information content (AvgIpc) is 3.25. The van der Waals surface area contributed by atoms with E-state index in [1.54, 1.807) is 42.5 Å². The summed E-state index contributed by atoms with van der Waals surface area (Å²) in [6.45, 7) is 2.08. The molecule has 202 valence electrons. The largest absolute Gasteiger partial charge is 0.492 e. The van der Waals surface area contributed by atoms with Crippen LogP contribution in [0.3, 0.4) is 0 Å². The minimum Gasteiger partial charge on any atom is -0.492 e. The number of carbonyl (C=O) groups is 1. The number of sulfonamides is 1. The van der Waals surface area contributed by atoms with Gasteiger partial charge in [-0.05, 0) is 47.9 Å². The maximum Gasteiger partial charge on any atom is 0.252 e. The van der Waals surface area contributed by atoms with Crippen LogP contribution in [0.25, 0.3) is 11.1 Å². The lowest BCUT2D eigenvalue weighted by atomic mass is 10.0. The molecule has 2 heterocycles. The van der Waals surface area contributed by atoms with Crippen LogP contribution >= 0.6 is 0 Å². The number of nitrogens with zero attached hydrogens (tertiary/aromatic N) is 3. The lowest BCUT2D eigenvalue weighted by Gasteiger charge is -2.23. The monoisotopic (exact) mass is 550 g/mol. The molecule has 0 radical (unpaired) electrons. The van der Waals surface area contributed by atoms with Crippen LogP contribution < -0.4 is 14.8 Å². The number of nitriles is 1. The number of carbonyl (C=O) groups excluding carboxylic acids is 1. The molecule has 2 aromatic carbocycles. The van der Waals surface area contributed by atoms with Gasteiger partial charge in [0.2, 0.25) is 15.7 Å². The highest BCUT2D eigenvalue weighted by Gasteiger charge is 2.26. The van der Waals surface area contributed by atoms with Crippen LogP contribution in [-0.2, 0) is 22.9 Å². The predicted molar refractivity (Wildman–Crippen MR) is 145 cm³/mol. The molecule has 2 N–H and O–H groups in total. The molecule has 0 aliphatic rings. The summed E-state index contributed by atoms with van der Waals surface area (Å²) in [6.07, 6.45) is 1.99. The Morgan fingerprint density at radius 3 is 2.56 bits per heavy atom. The first-order valence-corrected chi connectivity index (χ1v) is 14.1. The lowest BCUT2D eigenvalue weighted by molar-refractivity contribution is 0.1000. The summed E-state index contributed by atoms with van der Waals surface area (Å²) >= 11 is 0. The second kappa shape index (κ2) is 11.5. The Labute approximate surface area is 225 Å². The normalized spacial score (nSPS) is 11.3. The van der Waals surface area contributed by atoms with Crippen molar-refractivity contribution in [2.24, 2.45) is 5.73 Å². The number of ether oxygens (including phenoxy) is 1. The molecule has 11 heteroatoms. The molecule has 4 rings (SSSR count). The SMILES string of the molecule is CCc1cc2c(C(N)=O)c(Cc3ccc(F)cc3)oc2nc1N(CCCOc1ccccc1C#N)S(C)(=O)=O. The van der Waals surface area contributed by atoms with Crippen molar-refractivity contribution in [1.29, 1.82) is 5.26 Å². The number of furan rings is 1. The number of halogens is 1. The smallest absolute Gasteiger partial charge is 0.252 e. The van der Waals surface area contributed by atoms with Crippen LogP contribution in [0.1, 0.15) is 46.2 Å². The van der Waals surface area contributed by atoms with Crippen LogP contribution in [0.2, 0.25) is 0 Å². The average molecular weight is 551 g/mol. The van der Waals surface area contributed by atoms with Gasteiger partial charge >= 0.3 is 0 Å². The zero-order valence-corrected chi connectivity index (χ0v) is 22.3. The minimum atomic E-state index is -3.76. The highest BCUT2D eigenvalue weighted by atomic mass is 32.2. The number of pyridine rings is 1. The summed E-state index contributed by atoms with van der Waals surface area (Å²) in [5.41, 5.74) is 7.57. The summed E-state index contributed by atoms with van der Waals surface area (Å²) in [4.78, 5) is 16.9. The van der Waals surface area contributed by atoms with Gasteiger partial charge in [-0.1, -0.05) is 31.2 Å². The van der Waals surface area contributed by atoms with Gasteiger partial charge in [0, 0.05) is 19.4 Å². The van der Waals surface area contributed by atoms with Crippen molar-refractivity contribution in [2.75, 3.05) is 23.7 Å². The van der Waals surface area contributed by atoms with E-state index >= 15 is 0 Å². The Bertz CT molecular complexity index is 1660. The van der Waals surface area contributed by atoms with Crippen LogP contribution in [0.15, 0.2) is 59.0 Å². The summed E-state index contributed by atoms with van der Waals surface area (Å²) in [7, 11) is -3.76. The van der Waals surface area contributed by atoms with Gasteiger partial charge in [0.25, 0.3) is 5.91 Å². The van der Waals surface area contributed by atoms with Crippen molar-refractivity contribution in [3.63, 3.8) is 0 Å². The highest BCUT2D eigenvalue weighted by molar-refractivity contribution is 7.92. The molecule has 0 atom stereocenters. The van der Waals surface area contributed by atoms with Gasteiger partial charge in [-0.15, -0.1) is 0 Å². The Hall–Kier alpha value is -4.43. The van der Waals surface area contributed by atoms with Gasteiger partial charge in [0.1, 0.15) is 29.2 Å². The van der Waals surface area contributed by atoms with Crippen molar-refractivity contribution in [3.05, 3.63) is 88.4 Å². The first-order valence-electron chi connectivity index (χ1n) is 12.2. The van der Waals surface area contributed by atoms with E-state index in [1.807, 2.05) is 6.92 Å². The number of fused-ring (bicyclic) bond motifs is 1. The fourth-order valence-electron chi connectivity index (χ4n) is 4.27. The van der Waals surface area contributed by atoms with Gasteiger partial charge in [0.05, 0.1) is 29.4 Å². The Kier molecular flexibility index (Phi) is 8.16. The molecule has 0 saturated heterocycles. The molecule has 39 heavy (non-hydrogen) atoms. The van der Waals surface area contributed by atoms with Crippen molar-refractivity contribution < 1.29 is 26.8 Å². The fraction of sp³-hybridized carbons (Fsp3) is 0.250. The summed E-state index contributed by atoms with van der Waals surface area (Å²) < 4.78 is 51.8. The van der Waals surface area contributed by atoms with Crippen molar-refractivity contribution in [2.45, 2.75) is 26.2 Å². The number of rotatable bonds is 11. The Balaban J connectivity index is 1.66. The third-order valence-electron chi connectivity index (χ3n) is 6.12. The number of primary amides is 1. The molecule has 0 aliphatic carbocycles. The zero-order chi connectivity index (χ0) is 28.2. The third kappa shape index (κ3) is 6.18. The van der Waals surface area contributed by atoms with Gasteiger partial charge in [-0.2, -0.15) is 10.2 Å². The van der Waals surface area contributed by atoms with E-state index in [-0.39, 0.29) is 42.4 Å². The van der Waals surface area contributed by atoms with Gasteiger partial charge in [0.15, 0.2) is 0 Å². The second-order valence-corrected chi connectivity index (χ2v) is 10.8. The van der Waals surface area contributed by atoms with Crippen molar-refractivity contribution >= 4 is 32.8 Å². The highest BCUT2D eigenvalue weighted by Crippen LogP contribution is 2.32. The fourth-order valence-corrected chi connectivity index (χ4v) is 5.20. The maximum absolute atomic E-state index is 13.3. The number of hydrogen-bond donors (Lipinski definition) is 1.